The summed E-state index contributed by atoms with van der Waals surface area (Å²) >= 11 is 0. The molecule has 0 unspecified atom stereocenters. The predicted molar refractivity (Wildman–Crippen MR) is 75.4 cm³/mol. The van der Waals surface area contributed by atoms with Crippen molar-refractivity contribution in [3.8, 4) is 11.5 Å². The van der Waals surface area contributed by atoms with E-state index in [1.54, 1.807) is 19.2 Å². The lowest BCUT2D eigenvalue weighted by Gasteiger charge is -2.08. The fourth-order valence-electron chi connectivity index (χ4n) is 1.69. The second-order valence-electron chi connectivity index (χ2n) is 4.14. The summed E-state index contributed by atoms with van der Waals surface area (Å²) in [5.41, 5.74) is 3.56. The van der Waals surface area contributed by atoms with Crippen LogP contribution in [0.4, 0.5) is 0 Å². The number of hydrazine groups is 1. The van der Waals surface area contributed by atoms with Crippen molar-refractivity contribution in [2.75, 3.05) is 7.11 Å². The zero-order chi connectivity index (χ0) is 14.4. The SMILES string of the molecule is COc1cccc(OCc2ccc(C(=O)NN)cc2)c1. The molecule has 104 valence electrons. The highest BCUT2D eigenvalue weighted by Crippen LogP contribution is 2.20. The number of nitrogen functional groups attached to an aromatic ring is 1. The van der Waals surface area contributed by atoms with Crippen LogP contribution >= 0.6 is 0 Å². The van der Waals surface area contributed by atoms with E-state index in [9.17, 15) is 4.79 Å². The molecule has 5 nitrogen and oxygen atoms in total. The summed E-state index contributed by atoms with van der Waals surface area (Å²) in [7, 11) is 1.61. The number of benzene rings is 2. The van der Waals surface area contributed by atoms with E-state index >= 15 is 0 Å². The minimum absolute atomic E-state index is 0.315. The molecule has 3 N–H and O–H groups in total. The third kappa shape index (κ3) is 3.49. The Morgan fingerprint density at radius 2 is 1.85 bits per heavy atom. The monoisotopic (exact) mass is 272 g/mol. The summed E-state index contributed by atoms with van der Waals surface area (Å²) < 4.78 is 10.8. The molecule has 0 aromatic heterocycles. The summed E-state index contributed by atoms with van der Waals surface area (Å²) in [6.45, 7) is 0.414. The summed E-state index contributed by atoms with van der Waals surface area (Å²) in [6.07, 6.45) is 0. The van der Waals surface area contributed by atoms with Crippen LogP contribution in [0.15, 0.2) is 48.5 Å². The number of rotatable bonds is 5. The Morgan fingerprint density at radius 3 is 2.50 bits per heavy atom. The van der Waals surface area contributed by atoms with Crippen molar-refractivity contribution in [1.82, 2.24) is 5.43 Å². The van der Waals surface area contributed by atoms with Crippen molar-refractivity contribution >= 4 is 5.91 Å². The number of hydrogen-bond acceptors (Lipinski definition) is 4. The number of carbonyl (C=O) groups excluding carboxylic acids is 1. The van der Waals surface area contributed by atoms with Crippen LogP contribution in [-0.2, 0) is 6.61 Å². The minimum atomic E-state index is -0.315. The summed E-state index contributed by atoms with van der Waals surface area (Å²) in [5, 5.41) is 0. The first-order chi connectivity index (χ1) is 9.72. The Bertz CT molecular complexity index is 582. The molecule has 0 aliphatic rings. The Morgan fingerprint density at radius 1 is 1.15 bits per heavy atom. The number of methoxy groups -OCH3 is 1. The topological polar surface area (TPSA) is 73.6 Å². The summed E-state index contributed by atoms with van der Waals surface area (Å²) in [6, 6.07) is 14.4. The lowest BCUT2D eigenvalue weighted by atomic mass is 10.1. The Kier molecular flexibility index (Phi) is 4.57. The molecule has 0 aliphatic heterocycles. The van der Waals surface area contributed by atoms with Crippen molar-refractivity contribution < 1.29 is 14.3 Å². The molecule has 2 aromatic carbocycles. The third-order valence-electron chi connectivity index (χ3n) is 2.79. The normalized spacial score (nSPS) is 9.90. The number of ether oxygens (including phenoxy) is 2. The molecule has 5 heteroatoms. The van der Waals surface area contributed by atoms with E-state index in [2.05, 4.69) is 5.43 Å². The van der Waals surface area contributed by atoms with Gasteiger partial charge in [0, 0.05) is 11.6 Å². The molecular formula is C15H16N2O3. The second-order valence-corrected chi connectivity index (χ2v) is 4.14. The molecule has 2 aromatic rings. The average molecular weight is 272 g/mol. The van der Waals surface area contributed by atoms with Gasteiger partial charge in [0.1, 0.15) is 18.1 Å². The fraction of sp³-hybridized carbons (Fsp3) is 0.133. The number of hydrogen-bond donors (Lipinski definition) is 2. The molecule has 0 spiro atoms. The molecule has 0 fully saturated rings. The van der Waals surface area contributed by atoms with Gasteiger partial charge in [-0.3, -0.25) is 10.2 Å². The van der Waals surface area contributed by atoms with Crippen molar-refractivity contribution in [3.05, 3.63) is 59.7 Å². The van der Waals surface area contributed by atoms with E-state index in [1.807, 2.05) is 36.4 Å². The molecule has 0 radical (unpaired) electrons. The summed E-state index contributed by atoms with van der Waals surface area (Å²) in [4.78, 5) is 11.3. The van der Waals surface area contributed by atoms with Crippen LogP contribution in [0.5, 0.6) is 11.5 Å². The second kappa shape index (κ2) is 6.58. The van der Waals surface area contributed by atoms with Crippen molar-refractivity contribution in [3.63, 3.8) is 0 Å². The molecule has 0 heterocycles. The maximum absolute atomic E-state index is 11.3. The van der Waals surface area contributed by atoms with E-state index < -0.39 is 0 Å². The van der Waals surface area contributed by atoms with Crippen LogP contribution in [0, 0.1) is 0 Å². The lowest BCUT2D eigenvalue weighted by Crippen LogP contribution is -2.29. The highest BCUT2D eigenvalue weighted by molar-refractivity contribution is 5.93. The minimum Gasteiger partial charge on any atom is -0.497 e. The van der Waals surface area contributed by atoms with Crippen molar-refractivity contribution in [2.24, 2.45) is 5.84 Å². The van der Waals surface area contributed by atoms with Gasteiger partial charge in [-0.2, -0.15) is 0 Å². The standard InChI is InChI=1S/C15H16N2O3/c1-19-13-3-2-4-14(9-13)20-10-11-5-7-12(8-6-11)15(18)17-16/h2-9H,10,16H2,1H3,(H,17,18). The van der Waals surface area contributed by atoms with Crippen molar-refractivity contribution in [1.29, 1.82) is 0 Å². The van der Waals surface area contributed by atoms with Crippen molar-refractivity contribution in [2.45, 2.75) is 6.61 Å². The van der Waals surface area contributed by atoms with Crippen LogP contribution in [0.1, 0.15) is 15.9 Å². The zero-order valence-corrected chi connectivity index (χ0v) is 11.1. The van der Waals surface area contributed by atoms with E-state index in [0.717, 1.165) is 17.1 Å². The van der Waals surface area contributed by atoms with Crippen LogP contribution in [0.25, 0.3) is 0 Å². The highest BCUT2D eigenvalue weighted by Gasteiger charge is 2.03. The third-order valence-corrected chi connectivity index (χ3v) is 2.79. The maximum atomic E-state index is 11.3. The van der Waals surface area contributed by atoms with E-state index in [1.165, 1.54) is 0 Å². The molecule has 0 saturated carbocycles. The van der Waals surface area contributed by atoms with Gasteiger partial charge in [0.15, 0.2) is 0 Å². The Balaban J connectivity index is 1.98. The number of amides is 1. The Hall–Kier alpha value is -2.53. The van der Waals surface area contributed by atoms with Gasteiger partial charge >= 0.3 is 0 Å². The van der Waals surface area contributed by atoms with Gasteiger partial charge in [-0.1, -0.05) is 18.2 Å². The van der Waals surface area contributed by atoms with Gasteiger partial charge < -0.3 is 9.47 Å². The van der Waals surface area contributed by atoms with Crippen LogP contribution in [0.3, 0.4) is 0 Å². The zero-order valence-electron chi connectivity index (χ0n) is 11.1. The smallest absolute Gasteiger partial charge is 0.265 e. The van der Waals surface area contributed by atoms with E-state index in [4.69, 9.17) is 15.3 Å². The predicted octanol–water partition coefficient (Wildman–Crippen LogP) is 1.88. The molecule has 0 aliphatic carbocycles. The fourth-order valence-corrected chi connectivity index (χ4v) is 1.69. The number of nitrogens with one attached hydrogen (secondary N) is 1. The Labute approximate surface area is 117 Å². The first-order valence-corrected chi connectivity index (χ1v) is 6.09. The lowest BCUT2D eigenvalue weighted by molar-refractivity contribution is 0.0953. The number of carbonyl (C=O) groups is 1. The van der Waals surface area contributed by atoms with Crippen LogP contribution < -0.4 is 20.7 Å². The first kappa shape index (κ1) is 13.9. The largest absolute Gasteiger partial charge is 0.497 e. The molecule has 0 saturated heterocycles. The summed E-state index contributed by atoms with van der Waals surface area (Å²) in [5.74, 6) is 6.23. The van der Waals surface area contributed by atoms with Crippen LogP contribution in [0.2, 0.25) is 0 Å². The van der Waals surface area contributed by atoms with Gasteiger partial charge in [0.05, 0.1) is 7.11 Å². The highest BCUT2D eigenvalue weighted by atomic mass is 16.5. The van der Waals surface area contributed by atoms with Gasteiger partial charge in [0.25, 0.3) is 5.91 Å². The molecule has 0 atom stereocenters. The van der Waals surface area contributed by atoms with E-state index in [0.29, 0.717) is 12.2 Å². The van der Waals surface area contributed by atoms with Gasteiger partial charge in [-0.05, 0) is 29.8 Å². The van der Waals surface area contributed by atoms with Gasteiger partial charge in [-0.25, -0.2) is 5.84 Å². The molecular weight excluding hydrogens is 256 g/mol. The molecule has 20 heavy (non-hydrogen) atoms. The van der Waals surface area contributed by atoms with E-state index in [-0.39, 0.29) is 5.91 Å². The van der Waals surface area contributed by atoms with Gasteiger partial charge in [0.2, 0.25) is 0 Å². The van der Waals surface area contributed by atoms with Crippen LogP contribution in [-0.4, -0.2) is 13.0 Å². The van der Waals surface area contributed by atoms with Gasteiger partial charge in [-0.15, -0.1) is 0 Å². The molecule has 1 amide bonds. The maximum Gasteiger partial charge on any atom is 0.265 e. The molecule has 2 rings (SSSR count). The quantitative estimate of drug-likeness (QED) is 0.495. The first-order valence-electron chi connectivity index (χ1n) is 6.09. The average Bonchev–Trinajstić information content (AvgIpc) is 2.53. The molecule has 0 bridgehead atoms. The number of nitrogens with two attached hydrogens (primary N) is 1.